The van der Waals surface area contributed by atoms with Gasteiger partial charge in [0.25, 0.3) is 5.69 Å². The largest absolute Gasteiger partial charge is 0.416 e. The lowest BCUT2D eigenvalue weighted by Gasteiger charge is -2.61. The van der Waals surface area contributed by atoms with E-state index in [1.54, 1.807) is 0 Å². The maximum atomic E-state index is 13.3. The van der Waals surface area contributed by atoms with E-state index in [0.717, 1.165) is 48.7 Å². The predicted molar refractivity (Wildman–Crippen MR) is 124 cm³/mol. The molecule has 0 spiro atoms. The molecule has 0 N–H and O–H groups in total. The van der Waals surface area contributed by atoms with Crippen molar-refractivity contribution in [1.82, 2.24) is 9.80 Å². The first-order valence-corrected chi connectivity index (χ1v) is 13.1. The van der Waals surface area contributed by atoms with Gasteiger partial charge in [-0.15, -0.1) is 0 Å². The Balaban J connectivity index is 1.23. The van der Waals surface area contributed by atoms with E-state index in [0.29, 0.717) is 36.1 Å². The molecule has 0 amide bonds. The summed E-state index contributed by atoms with van der Waals surface area (Å²) in [6.07, 6.45) is 3.70. The summed E-state index contributed by atoms with van der Waals surface area (Å²) in [5.74, 6) is 2.55. The maximum absolute atomic E-state index is 13.3. The highest BCUT2D eigenvalue weighted by Gasteiger charge is 2.53. The fourth-order valence-corrected chi connectivity index (χ4v) is 8.84. The Hall–Kier alpha value is -2.14. The summed E-state index contributed by atoms with van der Waals surface area (Å²) >= 11 is 1.01. The van der Waals surface area contributed by atoms with Crippen LogP contribution in [0.15, 0.2) is 22.0 Å². The molecular weight excluding hydrogens is 481 g/mol. The average molecular weight is 509 g/mol. The molecule has 4 bridgehead atoms. The maximum Gasteiger partial charge on any atom is 0.416 e. The Morgan fingerprint density at radius 2 is 1.66 bits per heavy atom. The van der Waals surface area contributed by atoms with Crippen LogP contribution in [0.4, 0.5) is 18.9 Å². The number of halogens is 3. The standard InChI is InChI=1S/C24H27F3N4O3S/c25-24(26,27)17-8-18-19(13-32)28-22(35-21(18)20(9-17)31(33)34)29-1-3-30(4-2-29)23-10-14-5-15(11-23)7-16(6-14)12-23/h8-9,13-16,19H,1-7,10-12H2. The van der Waals surface area contributed by atoms with Crippen LogP contribution in [0.25, 0.3) is 0 Å². The molecule has 0 radical (unpaired) electrons. The van der Waals surface area contributed by atoms with Crippen LogP contribution in [-0.4, -0.2) is 57.9 Å². The summed E-state index contributed by atoms with van der Waals surface area (Å²) in [6.45, 7) is 3.09. The minimum Gasteiger partial charge on any atom is -0.349 e. The number of carbonyl (C=O) groups excluding carboxylic acids is 1. The van der Waals surface area contributed by atoms with E-state index in [-0.39, 0.29) is 10.5 Å². The smallest absolute Gasteiger partial charge is 0.349 e. The predicted octanol–water partition coefficient (Wildman–Crippen LogP) is 4.90. The van der Waals surface area contributed by atoms with Crippen LogP contribution in [-0.2, 0) is 11.0 Å². The number of aliphatic imine (C=N–C) groups is 1. The Labute approximate surface area is 205 Å². The summed E-state index contributed by atoms with van der Waals surface area (Å²) in [4.78, 5) is 31.8. The fraction of sp³-hybridized carbons (Fsp3) is 0.667. The van der Waals surface area contributed by atoms with Crippen LogP contribution in [0.3, 0.4) is 0 Å². The number of carbonyl (C=O) groups is 1. The van der Waals surface area contributed by atoms with Gasteiger partial charge in [-0.05, 0) is 74.1 Å². The van der Waals surface area contributed by atoms with Crippen LogP contribution in [0, 0.1) is 27.9 Å². The van der Waals surface area contributed by atoms with E-state index in [2.05, 4.69) is 9.89 Å². The molecule has 4 saturated carbocycles. The van der Waals surface area contributed by atoms with Crippen molar-refractivity contribution >= 4 is 28.9 Å². The van der Waals surface area contributed by atoms with Crippen molar-refractivity contribution in [2.24, 2.45) is 22.7 Å². The van der Waals surface area contributed by atoms with Crippen molar-refractivity contribution in [2.45, 2.75) is 61.2 Å². The third-order valence-corrected chi connectivity index (χ3v) is 9.93. The van der Waals surface area contributed by atoms with Gasteiger partial charge in [0.1, 0.15) is 12.3 Å². The number of nitro groups is 1. The van der Waals surface area contributed by atoms with Gasteiger partial charge >= 0.3 is 6.18 Å². The molecule has 1 atom stereocenters. The molecule has 188 valence electrons. The van der Waals surface area contributed by atoms with Gasteiger partial charge in [0, 0.05) is 43.3 Å². The first-order valence-electron chi connectivity index (χ1n) is 12.3. The second-order valence-electron chi connectivity index (χ2n) is 10.9. The van der Waals surface area contributed by atoms with Gasteiger partial charge in [0.05, 0.1) is 15.4 Å². The lowest BCUT2D eigenvalue weighted by molar-refractivity contribution is -0.388. The number of nitrogens with zero attached hydrogens (tertiary/aromatic N) is 4. The van der Waals surface area contributed by atoms with Crippen molar-refractivity contribution in [2.75, 3.05) is 26.2 Å². The van der Waals surface area contributed by atoms with E-state index >= 15 is 0 Å². The minimum absolute atomic E-state index is 0.0533. The molecule has 1 saturated heterocycles. The van der Waals surface area contributed by atoms with Crippen molar-refractivity contribution in [3.8, 4) is 0 Å². The van der Waals surface area contributed by atoms with Crippen LogP contribution >= 0.6 is 11.8 Å². The third kappa shape index (κ3) is 3.94. The topological polar surface area (TPSA) is 79.0 Å². The fourth-order valence-electron chi connectivity index (χ4n) is 7.65. The van der Waals surface area contributed by atoms with Gasteiger partial charge in [-0.1, -0.05) is 0 Å². The highest BCUT2D eigenvalue weighted by molar-refractivity contribution is 8.14. The minimum atomic E-state index is -4.75. The molecule has 7 rings (SSSR count). The summed E-state index contributed by atoms with van der Waals surface area (Å²) in [5.41, 5.74) is -1.53. The second-order valence-corrected chi connectivity index (χ2v) is 11.9. The number of amidine groups is 1. The average Bonchev–Trinajstić information content (AvgIpc) is 2.81. The molecule has 5 fully saturated rings. The monoisotopic (exact) mass is 508 g/mol. The molecule has 1 unspecified atom stereocenters. The lowest BCUT2D eigenvalue weighted by atomic mass is 9.52. The Kier molecular flexibility index (Phi) is 5.45. The van der Waals surface area contributed by atoms with Crippen LogP contribution in [0.2, 0.25) is 0 Å². The molecule has 2 aliphatic heterocycles. The number of rotatable bonds is 3. The number of hydrogen-bond donors (Lipinski definition) is 0. The number of hydrogen-bond acceptors (Lipinski definition) is 7. The Morgan fingerprint density at radius 1 is 1.06 bits per heavy atom. The van der Waals surface area contributed by atoms with Crippen LogP contribution in [0.1, 0.15) is 55.7 Å². The first-order chi connectivity index (χ1) is 16.6. The van der Waals surface area contributed by atoms with Crippen molar-refractivity contribution in [3.05, 3.63) is 33.4 Å². The van der Waals surface area contributed by atoms with E-state index in [1.807, 2.05) is 4.90 Å². The summed E-state index contributed by atoms with van der Waals surface area (Å²) in [6, 6.07) is 0.185. The van der Waals surface area contributed by atoms with Gasteiger partial charge in [-0.3, -0.25) is 15.0 Å². The highest BCUT2D eigenvalue weighted by atomic mass is 32.2. The normalized spacial score (nSPS) is 34.5. The number of piperazine rings is 1. The number of benzene rings is 1. The zero-order valence-corrected chi connectivity index (χ0v) is 20.0. The van der Waals surface area contributed by atoms with Gasteiger partial charge in [0.2, 0.25) is 0 Å². The number of fused-ring (bicyclic) bond motifs is 1. The summed E-state index contributed by atoms with van der Waals surface area (Å²) in [7, 11) is 0. The Morgan fingerprint density at radius 3 is 2.17 bits per heavy atom. The zero-order valence-electron chi connectivity index (χ0n) is 19.2. The van der Waals surface area contributed by atoms with E-state index in [9.17, 15) is 28.1 Å². The lowest BCUT2D eigenvalue weighted by Crippen LogP contribution is -2.64. The first kappa shape index (κ1) is 23.3. The summed E-state index contributed by atoms with van der Waals surface area (Å²) < 4.78 is 40.0. The molecule has 7 nitrogen and oxygen atoms in total. The van der Waals surface area contributed by atoms with Gasteiger partial charge in [-0.2, -0.15) is 13.2 Å². The molecule has 4 aliphatic carbocycles. The van der Waals surface area contributed by atoms with Gasteiger partial charge < -0.3 is 9.69 Å². The van der Waals surface area contributed by atoms with Crippen molar-refractivity contribution < 1.29 is 22.9 Å². The van der Waals surface area contributed by atoms with Crippen LogP contribution < -0.4 is 0 Å². The SMILES string of the molecule is O=CC1N=C(N2CCN(C34CC5CC(CC(C5)C3)C4)CC2)Sc2c1cc(C(F)(F)F)cc2[N+](=O)[O-]. The van der Waals surface area contributed by atoms with Gasteiger partial charge in [-0.25, -0.2) is 4.99 Å². The molecule has 6 aliphatic rings. The highest BCUT2D eigenvalue weighted by Crippen LogP contribution is 2.58. The number of aldehydes is 1. The number of alkyl halides is 3. The molecular formula is C24H27F3N4O3S. The molecule has 1 aromatic rings. The zero-order chi connectivity index (χ0) is 24.5. The second kappa shape index (κ2) is 8.19. The summed E-state index contributed by atoms with van der Waals surface area (Å²) in [5, 5.41) is 12.1. The van der Waals surface area contributed by atoms with Crippen molar-refractivity contribution in [3.63, 3.8) is 0 Å². The molecule has 11 heteroatoms. The van der Waals surface area contributed by atoms with E-state index in [1.165, 1.54) is 38.5 Å². The number of thioether (sulfide) groups is 1. The molecule has 35 heavy (non-hydrogen) atoms. The van der Waals surface area contributed by atoms with E-state index in [4.69, 9.17) is 0 Å². The van der Waals surface area contributed by atoms with Crippen LogP contribution in [0.5, 0.6) is 0 Å². The quantitative estimate of drug-likeness (QED) is 0.328. The Bertz CT molecular complexity index is 1060. The molecule has 0 aromatic heterocycles. The third-order valence-electron chi connectivity index (χ3n) is 8.74. The van der Waals surface area contributed by atoms with E-state index < -0.39 is 28.4 Å². The van der Waals surface area contributed by atoms with Gasteiger partial charge in [0.15, 0.2) is 5.17 Å². The van der Waals surface area contributed by atoms with Crippen molar-refractivity contribution in [1.29, 1.82) is 0 Å². The molecule has 2 heterocycles. The number of nitro benzene ring substituents is 1. The molecule has 1 aromatic carbocycles.